The molecule has 0 saturated heterocycles. The predicted molar refractivity (Wildman–Crippen MR) is 65.2 cm³/mol. The van der Waals surface area contributed by atoms with Crippen molar-refractivity contribution in [3.63, 3.8) is 0 Å². The zero-order valence-corrected chi connectivity index (χ0v) is 9.61. The molecule has 1 aliphatic carbocycles. The third-order valence-electron chi connectivity index (χ3n) is 3.59. The van der Waals surface area contributed by atoms with Crippen molar-refractivity contribution in [2.75, 3.05) is 0 Å². The zero-order valence-electron chi connectivity index (χ0n) is 9.61. The molecule has 0 unspecified atom stereocenters. The Morgan fingerprint density at radius 3 is 3.00 bits per heavy atom. The van der Waals surface area contributed by atoms with Crippen LogP contribution >= 0.6 is 0 Å². The van der Waals surface area contributed by atoms with Gasteiger partial charge >= 0.3 is 0 Å². The lowest BCUT2D eigenvalue weighted by Gasteiger charge is -2.07. The smallest absolute Gasteiger partial charge is 0.0955 e. The van der Waals surface area contributed by atoms with Gasteiger partial charge in [-0.05, 0) is 43.4 Å². The van der Waals surface area contributed by atoms with E-state index in [0.717, 1.165) is 18.4 Å². The minimum atomic E-state index is 0.152. The lowest BCUT2D eigenvalue weighted by Crippen LogP contribution is -2.22. The molecule has 2 aromatic rings. The first-order valence-corrected chi connectivity index (χ1v) is 5.85. The molecule has 2 N–H and O–H groups in total. The number of nitrogens with two attached hydrogens (primary N) is 1. The van der Waals surface area contributed by atoms with E-state index >= 15 is 0 Å². The molecule has 0 atom stereocenters. The number of nitrogens with zero attached hydrogens (tertiary/aromatic N) is 2. The maximum absolute atomic E-state index is 6.09. The van der Waals surface area contributed by atoms with Crippen molar-refractivity contribution in [2.45, 2.75) is 31.2 Å². The van der Waals surface area contributed by atoms with Gasteiger partial charge in [-0.25, -0.2) is 4.98 Å². The number of rotatable bonds is 3. The quantitative estimate of drug-likeness (QED) is 0.851. The number of aryl methyl sites for hydroxylation is 2. The van der Waals surface area contributed by atoms with Gasteiger partial charge in [-0.15, -0.1) is 0 Å². The van der Waals surface area contributed by atoms with Crippen molar-refractivity contribution in [1.82, 2.24) is 9.55 Å². The normalized spacial score (nSPS) is 17.9. The molecule has 0 spiro atoms. The molecule has 16 heavy (non-hydrogen) atoms. The Balaban J connectivity index is 1.82. The molecule has 3 heteroatoms. The number of imidazole rings is 1. The fourth-order valence-corrected chi connectivity index (χ4v) is 2.14. The molecule has 0 aliphatic heterocycles. The van der Waals surface area contributed by atoms with Gasteiger partial charge in [-0.2, -0.15) is 0 Å². The molecule has 1 aliphatic rings. The van der Waals surface area contributed by atoms with Gasteiger partial charge < -0.3 is 10.3 Å². The van der Waals surface area contributed by atoms with Crippen LogP contribution in [-0.2, 0) is 13.5 Å². The molecule has 1 fully saturated rings. The highest BCUT2D eigenvalue weighted by Gasteiger charge is 2.37. The summed E-state index contributed by atoms with van der Waals surface area (Å²) in [6.07, 6.45) is 6.42. The van der Waals surface area contributed by atoms with E-state index in [1.807, 2.05) is 17.9 Å². The van der Waals surface area contributed by atoms with Crippen LogP contribution in [0.2, 0.25) is 0 Å². The van der Waals surface area contributed by atoms with Gasteiger partial charge in [-0.1, -0.05) is 6.07 Å². The summed E-state index contributed by atoms with van der Waals surface area (Å²) in [6.45, 7) is 0. The second-order valence-corrected chi connectivity index (χ2v) is 5.04. The lowest BCUT2D eigenvalue weighted by atomic mass is 10.0. The standard InChI is InChI=1S/C13H17N3/c1-16-9-15-11-8-10(2-3-12(11)16)4-5-13(14)6-7-13/h2-3,8-9H,4-7,14H2,1H3. The van der Waals surface area contributed by atoms with E-state index in [4.69, 9.17) is 5.73 Å². The second kappa shape index (κ2) is 3.32. The van der Waals surface area contributed by atoms with E-state index in [1.165, 1.54) is 23.9 Å². The van der Waals surface area contributed by atoms with E-state index in [0.29, 0.717) is 0 Å². The SMILES string of the molecule is Cn1cnc2cc(CCC3(N)CC3)ccc21. The van der Waals surface area contributed by atoms with Crippen LogP contribution in [0.15, 0.2) is 24.5 Å². The van der Waals surface area contributed by atoms with E-state index in [2.05, 4.69) is 23.2 Å². The molecule has 1 aromatic heterocycles. The third-order valence-corrected chi connectivity index (χ3v) is 3.59. The third kappa shape index (κ3) is 1.71. The summed E-state index contributed by atoms with van der Waals surface area (Å²) in [6, 6.07) is 6.52. The fraction of sp³-hybridized carbons (Fsp3) is 0.462. The first-order valence-electron chi connectivity index (χ1n) is 5.85. The number of hydrogen-bond donors (Lipinski definition) is 1. The average molecular weight is 215 g/mol. The van der Waals surface area contributed by atoms with Gasteiger partial charge in [0.05, 0.1) is 17.4 Å². The Labute approximate surface area is 95.3 Å². The Bertz CT molecular complexity index is 523. The Kier molecular flexibility index (Phi) is 2.04. The second-order valence-electron chi connectivity index (χ2n) is 5.04. The number of hydrogen-bond acceptors (Lipinski definition) is 2. The Hall–Kier alpha value is -1.35. The predicted octanol–water partition coefficient (Wildman–Crippen LogP) is 2.00. The van der Waals surface area contributed by atoms with Crippen LogP contribution in [-0.4, -0.2) is 15.1 Å². The Morgan fingerprint density at radius 2 is 2.25 bits per heavy atom. The van der Waals surface area contributed by atoms with Gasteiger partial charge in [-0.3, -0.25) is 0 Å². The molecule has 1 aromatic carbocycles. The zero-order chi connectivity index (χ0) is 11.2. The maximum atomic E-state index is 6.09. The molecular formula is C13H17N3. The topological polar surface area (TPSA) is 43.8 Å². The summed E-state index contributed by atoms with van der Waals surface area (Å²) in [5.74, 6) is 0. The summed E-state index contributed by atoms with van der Waals surface area (Å²) in [5, 5.41) is 0. The minimum absolute atomic E-state index is 0.152. The highest BCUT2D eigenvalue weighted by molar-refractivity contribution is 5.75. The van der Waals surface area contributed by atoms with E-state index in [1.54, 1.807) is 0 Å². The van der Waals surface area contributed by atoms with E-state index in [-0.39, 0.29) is 5.54 Å². The van der Waals surface area contributed by atoms with Crippen molar-refractivity contribution in [3.8, 4) is 0 Å². The molecule has 84 valence electrons. The summed E-state index contributed by atoms with van der Waals surface area (Å²) in [4.78, 5) is 4.37. The van der Waals surface area contributed by atoms with Crippen LogP contribution in [0.1, 0.15) is 24.8 Å². The molecule has 1 heterocycles. The highest BCUT2D eigenvalue weighted by Crippen LogP contribution is 2.36. The van der Waals surface area contributed by atoms with Gasteiger partial charge in [0.15, 0.2) is 0 Å². The largest absolute Gasteiger partial charge is 0.334 e. The minimum Gasteiger partial charge on any atom is -0.334 e. The average Bonchev–Trinajstić information content (AvgIpc) is 2.91. The fourth-order valence-electron chi connectivity index (χ4n) is 2.14. The van der Waals surface area contributed by atoms with Crippen LogP contribution in [0.4, 0.5) is 0 Å². The molecule has 1 saturated carbocycles. The van der Waals surface area contributed by atoms with Gasteiger partial charge in [0.2, 0.25) is 0 Å². The Morgan fingerprint density at radius 1 is 1.44 bits per heavy atom. The molecule has 3 rings (SSSR count). The van der Waals surface area contributed by atoms with Crippen molar-refractivity contribution in [3.05, 3.63) is 30.1 Å². The molecular weight excluding hydrogens is 198 g/mol. The summed E-state index contributed by atoms with van der Waals surface area (Å²) in [5.41, 5.74) is 9.87. The number of fused-ring (bicyclic) bond motifs is 1. The van der Waals surface area contributed by atoms with Crippen LogP contribution < -0.4 is 5.73 Å². The van der Waals surface area contributed by atoms with Gasteiger partial charge in [0.1, 0.15) is 0 Å². The van der Waals surface area contributed by atoms with E-state index < -0.39 is 0 Å². The van der Waals surface area contributed by atoms with Gasteiger partial charge in [0.25, 0.3) is 0 Å². The van der Waals surface area contributed by atoms with Crippen molar-refractivity contribution >= 4 is 11.0 Å². The molecule has 0 bridgehead atoms. The van der Waals surface area contributed by atoms with Crippen molar-refractivity contribution in [2.24, 2.45) is 12.8 Å². The van der Waals surface area contributed by atoms with Crippen LogP contribution in [0.3, 0.4) is 0 Å². The van der Waals surface area contributed by atoms with Crippen LogP contribution in [0.5, 0.6) is 0 Å². The summed E-state index contributed by atoms with van der Waals surface area (Å²) in [7, 11) is 2.02. The first-order chi connectivity index (χ1) is 7.66. The maximum Gasteiger partial charge on any atom is 0.0955 e. The van der Waals surface area contributed by atoms with Crippen LogP contribution in [0.25, 0.3) is 11.0 Å². The van der Waals surface area contributed by atoms with Crippen molar-refractivity contribution in [1.29, 1.82) is 0 Å². The molecule has 0 amide bonds. The van der Waals surface area contributed by atoms with Crippen LogP contribution in [0, 0.1) is 0 Å². The number of aromatic nitrogens is 2. The highest BCUT2D eigenvalue weighted by atomic mass is 15.0. The van der Waals surface area contributed by atoms with Gasteiger partial charge in [0, 0.05) is 12.6 Å². The van der Waals surface area contributed by atoms with Crippen molar-refractivity contribution < 1.29 is 0 Å². The number of benzene rings is 1. The lowest BCUT2D eigenvalue weighted by molar-refractivity contribution is 0.609. The first kappa shape index (κ1) is 9.85. The van der Waals surface area contributed by atoms with E-state index in [9.17, 15) is 0 Å². The monoisotopic (exact) mass is 215 g/mol. The summed E-state index contributed by atoms with van der Waals surface area (Å²) >= 11 is 0. The summed E-state index contributed by atoms with van der Waals surface area (Å²) < 4.78 is 2.05. The molecule has 0 radical (unpaired) electrons. The molecule has 3 nitrogen and oxygen atoms in total.